The quantitative estimate of drug-likeness (QED) is 0.284. The normalized spacial score (nSPS) is 10.7. The van der Waals surface area contributed by atoms with Crippen LogP contribution in [0, 0.1) is 0 Å². The molecule has 0 saturated heterocycles. The fraction of sp³-hybridized carbons (Fsp3) is 0.0417. The average molecular weight is 492 g/mol. The van der Waals surface area contributed by atoms with Gasteiger partial charge in [0.2, 0.25) is 0 Å². The lowest BCUT2D eigenvalue weighted by molar-refractivity contribution is 0.0946. The Bertz CT molecular complexity index is 1380. The lowest BCUT2D eigenvalue weighted by Crippen LogP contribution is -2.27. The van der Waals surface area contributed by atoms with E-state index in [4.69, 9.17) is 10.2 Å². The van der Waals surface area contributed by atoms with Gasteiger partial charge in [0.1, 0.15) is 11.1 Å². The molecule has 1 heterocycles. The molecule has 2 amide bonds. The third kappa shape index (κ3) is 4.70. The molecule has 0 aliphatic heterocycles. The van der Waals surface area contributed by atoms with Crippen LogP contribution in [0.5, 0.6) is 0 Å². The maximum atomic E-state index is 12.5. The number of carbonyl (C=O) groups excluding carboxylic acids is 2. The molecule has 160 valence electrons. The Morgan fingerprint density at radius 3 is 2.44 bits per heavy atom. The predicted octanol–water partition coefficient (Wildman–Crippen LogP) is 4.32. The summed E-state index contributed by atoms with van der Waals surface area (Å²) in [5.74, 6) is -0.833. The maximum absolute atomic E-state index is 12.5. The highest BCUT2D eigenvalue weighted by atomic mass is 79.9. The summed E-state index contributed by atoms with van der Waals surface area (Å²) in [7, 11) is 0. The fourth-order valence-electron chi connectivity index (χ4n) is 3.11. The molecule has 0 radical (unpaired) electrons. The zero-order valence-electron chi connectivity index (χ0n) is 16.7. The second kappa shape index (κ2) is 9.07. The van der Waals surface area contributed by atoms with E-state index in [0.717, 1.165) is 10.0 Å². The minimum atomic E-state index is -0.704. The highest BCUT2D eigenvalue weighted by Crippen LogP contribution is 2.20. The summed E-state index contributed by atoms with van der Waals surface area (Å²) in [4.78, 5) is 37.1. The highest BCUT2D eigenvalue weighted by Gasteiger charge is 2.14. The first kappa shape index (κ1) is 21.3. The van der Waals surface area contributed by atoms with Gasteiger partial charge in [-0.25, -0.2) is 4.79 Å². The number of anilines is 2. The summed E-state index contributed by atoms with van der Waals surface area (Å²) in [5, 5.41) is 6.10. The molecule has 7 nitrogen and oxygen atoms in total. The van der Waals surface area contributed by atoms with Crippen LogP contribution in [0.4, 0.5) is 11.4 Å². The van der Waals surface area contributed by atoms with Crippen LogP contribution in [-0.2, 0) is 6.54 Å². The van der Waals surface area contributed by atoms with Crippen LogP contribution in [0.3, 0.4) is 0 Å². The minimum Gasteiger partial charge on any atom is -0.422 e. The van der Waals surface area contributed by atoms with Crippen molar-refractivity contribution in [3.8, 4) is 0 Å². The van der Waals surface area contributed by atoms with Gasteiger partial charge in [0.25, 0.3) is 11.8 Å². The largest absolute Gasteiger partial charge is 0.422 e. The molecule has 0 bridgehead atoms. The molecular formula is C24H18BrN3O4. The van der Waals surface area contributed by atoms with Crippen LogP contribution >= 0.6 is 15.9 Å². The third-order valence-corrected chi connectivity index (χ3v) is 5.31. The number of halogens is 1. The van der Waals surface area contributed by atoms with Gasteiger partial charge in [0.05, 0.1) is 11.4 Å². The number of para-hydroxylation sites is 2. The molecule has 0 spiro atoms. The predicted molar refractivity (Wildman–Crippen MR) is 127 cm³/mol. The number of hydrogen-bond acceptors (Lipinski definition) is 5. The number of hydrogen-bond donors (Lipinski definition) is 3. The van der Waals surface area contributed by atoms with Gasteiger partial charge in [-0.1, -0.05) is 40.2 Å². The Hall–Kier alpha value is -3.91. The van der Waals surface area contributed by atoms with Crippen LogP contribution in [0.1, 0.15) is 26.3 Å². The molecule has 32 heavy (non-hydrogen) atoms. The first-order valence-electron chi connectivity index (χ1n) is 9.67. The topological polar surface area (TPSA) is 114 Å². The average Bonchev–Trinajstić information content (AvgIpc) is 2.79. The third-order valence-electron chi connectivity index (χ3n) is 4.82. The molecule has 0 atom stereocenters. The van der Waals surface area contributed by atoms with Gasteiger partial charge in [-0.2, -0.15) is 0 Å². The van der Waals surface area contributed by atoms with Crippen LogP contribution in [0.2, 0.25) is 0 Å². The lowest BCUT2D eigenvalue weighted by Gasteiger charge is -2.09. The van der Waals surface area contributed by atoms with Gasteiger partial charge in [-0.15, -0.1) is 0 Å². The molecule has 0 fully saturated rings. The Labute approximate surface area is 191 Å². The van der Waals surface area contributed by atoms with Crippen LogP contribution in [-0.4, -0.2) is 11.8 Å². The van der Waals surface area contributed by atoms with Crippen molar-refractivity contribution in [2.24, 2.45) is 0 Å². The van der Waals surface area contributed by atoms with Gasteiger partial charge in [0, 0.05) is 22.0 Å². The van der Waals surface area contributed by atoms with Gasteiger partial charge in [-0.05, 0) is 54.1 Å². The van der Waals surface area contributed by atoms with Crippen molar-refractivity contribution in [1.82, 2.24) is 5.32 Å². The van der Waals surface area contributed by atoms with E-state index < -0.39 is 11.5 Å². The fourth-order valence-corrected chi connectivity index (χ4v) is 3.49. The van der Waals surface area contributed by atoms with Gasteiger partial charge < -0.3 is 20.8 Å². The summed E-state index contributed by atoms with van der Waals surface area (Å²) in [6.45, 7) is 0.183. The number of amides is 2. The number of nitrogen functional groups attached to an aromatic ring is 1. The molecule has 0 aliphatic carbocycles. The first-order valence-corrected chi connectivity index (χ1v) is 10.5. The molecule has 4 rings (SSSR count). The Balaban J connectivity index is 1.42. The summed E-state index contributed by atoms with van der Waals surface area (Å²) in [6, 6.07) is 20.4. The number of nitrogens with two attached hydrogens (primary N) is 1. The Morgan fingerprint density at radius 1 is 0.938 bits per heavy atom. The van der Waals surface area contributed by atoms with E-state index in [1.807, 2.05) is 0 Å². The van der Waals surface area contributed by atoms with E-state index in [0.29, 0.717) is 27.9 Å². The van der Waals surface area contributed by atoms with E-state index in [2.05, 4.69) is 26.6 Å². The number of benzene rings is 3. The maximum Gasteiger partial charge on any atom is 0.349 e. The van der Waals surface area contributed by atoms with Gasteiger partial charge in [0.15, 0.2) is 0 Å². The van der Waals surface area contributed by atoms with E-state index in [-0.39, 0.29) is 18.0 Å². The summed E-state index contributed by atoms with van der Waals surface area (Å²) in [5.41, 5.74) is 7.70. The van der Waals surface area contributed by atoms with E-state index in [1.165, 1.54) is 6.07 Å². The molecular weight excluding hydrogens is 474 g/mol. The summed E-state index contributed by atoms with van der Waals surface area (Å²) >= 11 is 3.36. The highest BCUT2D eigenvalue weighted by molar-refractivity contribution is 9.10. The number of carbonyl (C=O) groups is 2. The van der Waals surface area contributed by atoms with Gasteiger partial charge >= 0.3 is 5.63 Å². The number of nitrogens with one attached hydrogen (secondary N) is 2. The van der Waals surface area contributed by atoms with Crippen LogP contribution in [0.25, 0.3) is 11.0 Å². The second-order valence-corrected chi connectivity index (χ2v) is 7.97. The molecule has 0 saturated carbocycles. The van der Waals surface area contributed by atoms with E-state index in [1.54, 1.807) is 66.7 Å². The van der Waals surface area contributed by atoms with E-state index in [9.17, 15) is 14.4 Å². The Morgan fingerprint density at radius 2 is 1.69 bits per heavy atom. The molecule has 4 N–H and O–H groups in total. The van der Waals surface area contributed by atoms with Crippen molar-refractivity contribution < 1.29 is 14.0 Å². The van der Waals surface area contributed by atoms with Gasteiger partial charge in [-0.3, -0.25) is 9.59 Å². The molecule has 0 aliphatic rings. The van der Waals surface area contributed by atoms with Crippen LogP contribution in [0.15, 0.2) is 86.5 Å². The van der Waals surface area contributed by atoms with Crippen molar-refractivity contribution in [1.29, 1.82) is 0 Å². The molecule has 8 heteroatoms. The van der Waals surface area contributed by atoms with Crippen molar-refractivity contribution in [3.05, 3.63) is 104 Å². The number of rotatable bonds is 5. The second-order valence-electron chi connectivity index (χ2n) is 7.05. The first-order chi connectivity index (χ1) is 15.4. The molecule has 4 aromatic rings. The van der Waals surface area contributed by atoms with E-state index >= 15 is 0 Å². The molecule has 0 unspecified atom stereocenters. The number of fused-ring (bicyclic) bond motifs is 1. The van der Waals surface area contributed by atoms with Crippen molar-refractivity contribution in [3.63, 3.8) is 0 Å². The van der Waals surface area contributed by atoms with Crippen molar-refractivity contribution in [2.45, 2.75) is 6.54 Å². The van der Waals surface area contributed by atoms with Crippen molar-refractivity contribution in [2.75, 3.05) is 11.1 Å². The molecule has 1 aromatic heterocycles. The SMILES string of the molecule is Nc1ccccc1NC(=O)c1ccc(CNC(=O)c2cc3cc(Br)ccc3oc2=O)cc1. The summed E-state index contributed by atoms with van der Waals surface area (Å²) in [6.07, 6.45) is 0. The van der Waals surface area contributed by atoms with Crippen molar-refractivity contribution >= 4 is 50.1 Å². The summed E-state index contributed by atoms with van der Waals surface area (Å²) < 4.78 is 6.04. The lowest BCUT2D eigenvalue weighted by atomic mass is 10.1. The zero-order chi connectivity index (χ0) is 22.7. The Kier molecular flexibility index (Phi) is 6.04. The molecule has 3 aromatic carbocycles. The van der Waals surface area contributed by atoms with Crippen LogP contribution < -0.4 is 22.0 Å². The smallest absolute Gasteiger partial charge is 0.349 e. The monoisotopic (exact) mass is 491 g/mol. The zero-order valence-corrected chi connectivity index (χ0v) is 18.3. The standard InChI is InChI=1S/C24H18BrN3O4/c25-17-9-10-21-16(11-17)12-18(24(31)32-21)23(30)27-13-14-5-7-15(8-6-14)22(29)28-20-4-2-1-3-19(20)26/h1-12H,13,26H2,(H,27,30)(H,28,29). The minimum absolute atomic E-state index is 0.0768.